The fourth-order valence-electron chi connectivity index (χ4n) is 1.84. The fourth-order valence-corrected chi connectivity index (χ4v) is 2.67. The van der Waals surface area contributed by atoms with E-state index in [9.17, 15) is 4.79 Å². The Kier molecular flexibility index (Phi) is 4.69. The van der Waals surface area contributed by atoms with Gasteiger partial charge in [-0.25, -0.2) is 0 Å². The van der Waals surface area contributed by atoms with E-state index < -0.39 is 0 Å². The lowest BCUT2D eigenvalue weighted by atomic mass is 10.2. The summed E-state index contributed by atoms with van der Waals surface area (Å²) in [6.45, 7) is 4.01. The predicted molar refractivity (Wildman–Crippen MR) is 86.1 cm³/mol. The zero-order chi connectivity index (χ0) is 14.5. The van der Waals surface area contributed by atoms with Crippen molar-refractivity contribution in [3.63, 3.8) is 0 Å². The average molecular weight is 286 g/mol. The lowest BCUT2D eigenvalue weighted by Gasteiger charge is -2.09. The van der Waals surface area contributed by atoms with Crippen LogP contribution >= 0.6 is 11.8 Å². The molecule has 0 radical (unpaired) electrons. The molecule has 0 fully saturated rings. The summed E-state index contributed by atoms with van der Waals surface area (Å²) in [5, 5.41) is 2.84. The Morgan fingerprint density at radius 3 is 2.65 bits per heavy atom. The Morgan fingerprint density at radius 1 is 1.20 bits per heavy atom. The van der Waals surface area contributed by atoms with E-state index >= 15 is 0 Å². The molecule has 0 aliphatic carbocycles. The van der Waals surface area contributed by atoms with Gasteiger partial charge < -0.3 is 11.1 Å². The van der Waals surface area contributed by atoms with Gasteiger partial charge in [-0.05, 0) is 43.2 Å². The van der Waals surface area contributed by atoms with Gasteiger partial charge in [0.05, 0.1) is 17.1 Å². The number of thioether (sulfide) groups is 1. The van der Waals surface area contributed by atoms with Gasteiger partial charge in [0.2, 0.25) is 5.91 Å². The molecule has 2 rings (SSSR count). The van der Waals surface area contributed by atoms with Crippen LogP contribution < -0.4 is 11.1 Å². The molecule has 104 valence electrons. The molecular weight excluding hydrogens is 268 g/mol. The minimum absolute atomic E-state index is 0.0474. The summed E-state index contributed by atoms with van der Waals surface area (Å²) in [7, 11) is 0. The third-order valence-corrected chi connectivity index (χ3v) is 4.11. The van der Waals surface area contributed by atoms with E-state index in [2.05, 4.69) is 5.32 Å². The van der Waals surface area contributed by atoms with Crippen molar-refractivity contribution in [1.29, 1.82) is 0 Å². The number of rotatable bonds is 4. The first kappa shape index (κ1) is 14.5. The first-order valence-corrected chi connectivity index (χ1v) is 7.39. The van der Waals surface area contributed by atoms with Crippen molar-refractivity contribution in [3.05, 3.63) is 53.6 Å². The van der Waals surface area contributed by atoms with Crippen molar-refractivity contribution in [2.45, 2.75) is 18.7 Å². The molecule has 4 heteroatoms. The molecule has 0 aliphatic heterocycles. The third kappa shape index (κ3) is 3.78. The number of carbonyl (C=O) groups is 1. The summed E-state index contributed by atoms with van der Waals surface area (Å²) < 4.78 is 0. The molecule has 0 atom stereocenters. The molecule has 0 unspecified atom stereocenters. The number of carbonyl (C=O) groups excluding carboxylic acids is 1. The molecule has 2 aromatic carbocycles. The standard InChI is InChI=1S/C16H18N2OS/c1-11-7-8-14(13(17)9-11)18-16(19)10-20-15-6-4-3-5-12(15)2/h3-9H,10,17H2,1-2H3,(H,18,19). The van der Waals surface area contributed by atoms with E-state index in [1.807, 2.05) is 56.3 Å². The average Bonchev–Trinajstić information content (AvgIpc) is 2.41. The number of benzene rings is 2. The third-order valence-electron chi connectivity index (χ3n) is 2.93. The van der Waals surface area contributed by atoms with Crippen LogP contribution in [-0.2, 0) is 4.79 Å². The van der Waals surface area contributed by atoms with Crippen LogP contribution in [0.3, 0.4) is 0 Å². The fraction of sp³-hybridized carbons (Fsp3) is 0.188. The quantitative estimate of drug-likeness (QED) is 0.667. The maximum absolute atomic E-state index is 11.9. The molecule has 0 aromatic heterocycles. The molecular formula is C16H18N2OS. The highest BCUT2D eigenvalue weighted by Crippen LogP contribution is 2.23. The summed E-state index contributed by atoms with van der Waals surface area (Å²) >= 11 is 1.53. The van der Waals surface area contributed by atoms with Crippen LogP contribution in [0.1, 0.15) is 11.1 Å². The van der Waals surface area contributed by atoms with Crippen molar-refractivity contribution < 1.29 is 4.79 Å². The minimum Gasteiger partial charge on any atom is -0.397 e. The second-order valence-electron chi connectivity index (χ2n) is 4.69. The summed E-state index contributed by atoms with van der Waals surface area (Å²) in [5.41, 5.74) is 9.41. The zero-order valence-corrected chi connectivity index (χ0v) is 12.5. The van der Waals surface area contributed by atoms with E-state index in [1.165, 1.54) is 17.3 Å². The van der Waals surface area contributed by atoms with Crippen molar-refractivity contribution >= 4 is 29.0 Å². The smallest absolute Gasteiger partial charge is 0.234 e. The van der Waals surface area contributed by atoms with Crippen LogP contribution in [0.5, 0.6) is 0 Å². The topological polar surface area (TPSA) is 55.1 Å². The number of nitrogen functional groups attached to an aromatic ring is 1. The van der Waals surface area contributed by atoms with Gasteiger partial charge in [0.1, 0.15) is 0 Å². The zero-order valence-electron chi connectivity index (χ0n) is 11.6. The highest BCUT2D eigenvalue weighted by atomic mass is 32.2. The Labute approximate surface area is 123 Å². The highest BCUT2D eigenvalue weighted by molar-refractivity contribution is 8.00. The van der Waals surface area contributed by atoms with Gasteiger partial charge in [-0.15, -0.1) is 11.8 Å². The van der Waals surface area contributed by atoms with Gasteiger partial charge in [0, 0.05) is 4.90 Å². The van der Waals surface area contributed by atoms with Crippen LogP contribution in [0.15, 0.2) is 47.4 Å². The highest BCUT2D eigenvalue weighted by Gasteiger charge is 2.07. The van der Waals surface area contributed by atoms with Crippen LogP contribution in [-0.4, -0.2) is 11.7 Å². The van der Waals surface area contributed by atoms with Crippen molar-refractivity contribution in [3.8, 4) is 0 Å². The first-order chi connectivity index (χ1) is 9.56. The van der Waals surface area contributed by atoms with Gasteiger partial charge in [-0.1, -0.05) is 24.3 Å². The first-order valence-electron chi connectivity index (χ1n) is 6.40. The second kappa shape index (κ2) is 6.48. The summed E-state index contributed by atoms with van der Waals surface area (Å²) in [6, 6.07) is 13.6. The maximum atomic E-state index is 11.9. The van der Waals surface area contributed by atoms with Crippen LogP contribution in [0.25, 0.3) is 0 Å². The monoisotopic (exact) mass is 286 g/mol. The molecule has 0 aliphatic rings. The molecule has 3 nitrogen and oxygen atoms in total. The molecule has 3 N–H and O–H groups in total. The lowest BCUT2D eigenvalue weighted by molar-refractivity contribution is -0.113. The molecule has 0 heterocycles. The van der Waals surface area contributed by atoms with Crippen molar-refractivity contribution in [1.82, 2.24) is 0 Å². The predicted octanol–water partition coefficient (Wildman–Crippen LogP) is 3.62. The summed E-state index contributed by atoms with van der Waals surface area (Å²) in [5.74, 6) is 0.326. The van der Waals surface area contributed by atoms with Crippen molar-refractivity contribution in [2.75, 3.05) is 16.8 Å². The molecule has 0 saturated heterocycles. The molecule has 20 heavy (non-hydrogen) atoms. The number of hydrogen-bond donors (Lipinski definition) is 2. The second-order valence-corrected chi connectivity index (χ2v) is 5.71. The lowest BCUT2D eigenvalue weighted by Crippen LogP contribution is -2.15. The summed E-state index contributed by atoms with van der Waals surface area (Å²) in [6.07, 6.45) is 0. The normalized spacial score (nSPS) is 10.3. The molecule has 2 aromatic rings. The van der Waals surface area contributed by atoms with Gasteiger partial charge in [-0.2, -0.15) is 0 Å². The van der Waals surface area contributed by atoms with Crippen LogP contribution in [0.4, 0.5) is 11.4 Å². The Hall–Kier alpha value is -1.94. The van der Waals surface area contributed by atoms with Gasteiger partial charge in [0.25, 0.3) is 0 Å². The number of nitrogens with two attached hydrogens (primary N) is 1. The van der Waals surface area contributed by atoms with Crippen LogP contribution in [0.2, 0.25) is 0 Å². The SMILES string of the molecule is Cc1ccc(NC(=O)CSc2ccccc2C)c(N)c1. The Morgan fingerprint density at radius 2 is 1.95 bits per heavy atom. The summed E-state index contributed by atoms with van der Waals surface area (Å²) in [4.78, 5) is 13.1. The molecule has 1 amide bonds. The van der Waals surface area contributed by atoms with E-state index in [0.717, 1.165) is 10.5 Å². The molecule has 0 bridgehead atoms. The van der Waals surface area contributed by atoms with E-state index in [0.29, 0.717) is 17.1 Å². The number of aryl methyl sites for hydroxylation is 2. The Balaban J connectivity index is 1.94. The molecule has 0 saturated carbocycles. The Bertz CT molecular complexity index is 626. The van der Waals surface area contributed by atoms with Gasteiger partial charge in [0.15, 0.2) is 0 Å². The van der Waals surface area contributed by atoms with Gasteiger partial charge >= 0.3 is 0 Å². The number of amides is 1. The van der Waals surface area contributed by atoms with E-state index in [4.69, 9.17) is 5.73 Å². The van der Waals surface area contributed by atoms with Gasteiger partial charge in [-0.3, -0.25) is 4.79 Å². The number of anilines is 2. The molecule has 0 spiro atoms. The van der Waals surface area contributed by atoms with E-state index in [-0.39, 0.29) is 5.91 Å². The largest absolute Gasteiger partial charge is 0.397 e. The maximum Gasteiger partial charge on any atom is 0.234 e. The van der Waals surface area contributed by atoms with Crippen LogP contribution in [0, 0.1) is 13.8 Å². The number of hydrogen-bond acceptors (Lipinski definition) is 3. The number of nitrogens with one attached hydrogen (secondary N) is 1. The van der Waals surface area contributed by atoms with Crippen molar-refractivity contribution in [2.24, 2.45) is 0 Å². The minimum atomic E-state index is -0.0474. The van der Waals surface area contributed by atoms with E-state index in [1.54, 1.807) is 0 Å².